The second-order valence-electron chi connectivity index (χ2n) is 2.02. The third-order valence-corrected chi connectivity index (χ3v) is 1.32. The van der Waals surface area contributed by atoms with E-state index < -0.39 is 6.17 Å². The number of hydrogen-bond donors (Lipinski definition) is 3. The average Bonchev–Trinajstić information content (AvgIpc) is 1.95. The predicted octanol–water partition coefficient (Wildman–Crippen LogP) is -1.63. The van der Waals surface area contributed by atoms with Gasteiger partial charge in [-0.1, -0.05) is 0 Å². The van der Waals surface area contributed by atoms with Gasteiger partial charge in [-0.2, -0.15) is 0 Å². The smallest absolute Gasteiger partial charge is 0.119 e. The van der Waals surface area contributed by atoms with E-state index in [2.05, 4.69) is 4.99 Å². The molecule has 0 amide bonds. The van der Waals surface area contributed by atoms with Crippen molar-refractivity contribution >= 4 is 6.34 Å². The second kappa shape index (κ2) is 2.78. The Balaban J connectivity index is 2.71. The van der Waals surface area contributed by atoms with Crippen LogP contribution in [0.4, 0.5) is 0 Å². The Morgan fingerprint density at radius 2 is 2.50 bits per heavy atom. The third kappa shape index (κ3) is 1.15. The van der Waals surface area contributed by atoms with Gasteiger partial charge in [0.25, 0.3) is 0 Å². The van der Waals surface area contributed by atoms with Crippen LogP contribution in [0.2, 0.25) is 0 Å². The van der Waals surface area contributed by atoms with Crippen LogP contribution in [0.1, 0.15) is 0 Å². The van der Waals surface area contributed by atoms with Crippen LogP contribution in [0.5, 0.6) is 0 Å². The van der Waals surface area contributed by atoms with Gasteiger partial charge in [0.15, 0.2) is 0 Å². The van der Waals surface area contributed by atoms with Crippen molar-refractivity contribution in [2.24, 2.45) is 16.6 Å². The highest BCUT2D eigenvalue weighted by Gasteiger charge is 2.14. The lowest BCUT2D eigenvalue weighted by molar-refractivity contribution is 0.284. The van der Waals surface area contributed by atoms with Gasteiger partial charge in [0.2, 0.25) is 0 Å². The lowest BCUT2D eigenvalue weighted by atomic mass is 10.2. The second-order valence-corrected chi connectivity index (χ2v) is 2.02. The summed E-state index contributed by atoms with van der Waals surface area (Å²) in [6, 6.07) is 0. The Kier molecular flexibility index (Phi) is 2.00. The summed E-state index contributed by atoms with van der Waals surface area (Å²) in [5.41, 5.74) is 6.13. The monoisotopic (exact) mass is 142 g/mol. The fourth-order valence-corrected chi connectivity index (χ4v) is 0.680. The minimum Gasteiger partial charge on any atom is -0.392 e. The van der Waals surface area contributed by atoms with Crippen molar-refractivity contribution in [3.63, 3.8) is 0 Å². The van der Waals surface area contributed by atoms with Crippen LogP contribution in [0, 0.1) is 0 Å². The number of aliphatic hydroxyl groups is 1. The quantitative estimate of drug-likeness (QED) is 0.383. The number of hydrogen-bond acceptors (Lipinski definition) is 5. The first kappa shape index (κ1) is 7.20. The zero-order valence-electron chi connectivity index (χ0n) is 5.44. The van der Waals surface area contributed by atoms with Gasteiger partial charge in [-0.05, 0) is 0 Å². The fraction of sp³-hybridized carbons (Fsp3) is 0.400. The SMILES string of the molecule is NC1C(CO)=CN=CN1N. The summed E-state index contributed by atoms with van der Waals surface area (Å²) < 4.78 is 0. The summed E-state index contributed by atoms with van der Waals surface area (Å²) in [5.74, 6) is 5.35. The molecule has 1 aliphatic heterocycles. The van der Waals surface area contributed by atoms with Crippen molar-refractivity contribution in [1.29, 1.82) is 0 Å². The summed E-state index contributed by atoms with van der Waals surface area (Å²) in [5, 5.41) is 9.92. The third-order valence-electron chi connectivity index (χ3n) is 1.32. The van der Waals surface area contributed by atoms with E-state index in [0.717, 1.165) is 0 Å². The van der Waals surface area contributed by atoms with Gasteiger partial charge in [0.1, 0.15) is 12.5 Å². The zero-order valence-corrected chi connectivity index (χ0v) is 5.44. The molecule has 0 saturated carbocycles. The summed E-state index contributed by atoms with van der Waals surface area (Å²) >= 11 is 0. The Hall–Kier alpha value is -0.910. The number of rotatable bonds is 1. The number of nitrogens with zero attached hydrogens (tertiary/aromatic N) is 2. The first-order chi connectivity index (χ1) is 4.75. The molecule has 1 unspecified atom stereocenters. The maximum atomic E-state index is 8.67. The molecule has 1 heterocycles. The Morgan fingerprint density at radius 1 is 1.80 bits per heavy atom. The van der Waals surface area contributed by atoms with Crippen LogP contribution in [-0.4, -0.2) is 29.2 Å². The highest BCUT2D eigenvalue weighted by molar-refractivity contribution is 5.58. The lowest BCUT2D eigenvalue weighted by Gasteiger charge is -2.24. The first-order valence-electron chi connectivity index (χ1n) is 2.87. The molecule has 1 atom stereocenters. The zero-order chi connectivity index (χ0) is 7.56. The highest BCUT2D eigenvalue weighted by Crippen LogP contribution is 2.04. The number of hydrazine groups is 1. The van der Waals surface area contributed by atoms with Crippen molar-refractivity contribution in [1.82, 2.24) is 5.01 Å². The molecule has 5 N–H and O–H groups in total. The van der Waals surface area contributed by atoms with Gasteiger partial charge in [0.05, 0.1) is 6.61 Å². The fourth-order valence-electron chi connectivity index (χ4n) is 0.680. The molecule has 56 valence electrons. The highest BCUT2D eigenvalue weighted by atomic mass is 16.3. The number of aliphatic imine (C=N–C) groups is 1. The maximum absolute atomic E-state index is 8.67. The van der Waals surface area contributed by atoms with Crippen molar-refractivity contribution in [3.05, 3.63) is 11.8 Å². The van der Waals surface area contributed by atoms with E-state index >= 15 is 0 Å². The lowest BCUT2D eigenvalue weighted by Crippen LogP contribution is -2.48. The molecule has 0 aliphatic carbocycles. The van der Waals surface area contributed by atoms with E-state index in [1.165, 1.54) is 17.5 Å². The molecule has 0 radical (unpaired) electrons. The van der Waals surface area contributed by atoms with Crippen molar-refractivity contribution < 1.29 is 5.11 Å². The van der Waals surface area contributed by atoms with Gasteiger partial charge in [0, 0.05) is 11.8 Å². The maximum Gasteiger partial charge on any atom is 0.119 e. The summed E-state index contributed by atoms with van der Waals surface area (Å²) in [6.45, 7) is -0.105. The summed E-state index contributed by atoms with van der Waals surface area (Å²) in [7, 11) is 0. The molecule has 5 nitrogen and oxygen atoms in total. The molecular weight excluding hydrogens is 132 g/mol. The Morgan fingerprint density at radius 3 is 3.00 bits per heavy atom. The number of aliphatic hydroxyl groups excluding tert-OH is 1. The molecule has 0 saturated heterocycles. The van der Waals surface area contributed by atoms with Crippen LogP contribution in [0.25, 0.3) is 0 Å². The van der Waals surface area contributed by atoms with Crippen LogP contribution >= 0.6 is 0 Å². The van der Waals surface area contributed by atoms with E-state index in [0.29, 0.717) is 5.57 Å². The van der Waals surface area contributed by atoms with Crippen LogP contribution in [-0.2, 0) is 0 Å². The standard InChI is InChI=1S/C5H10N4O/c6-5-4(2-10)1-8-3-9(5)7/h1,3,5,10H,2,6-7H2. The van der Waals surface area contributed by atoms with Gasteiger partial charge in [-0.25, -0.2) is 10.8 Å². The predicted molar refractivity (Wildman–Crippen MR) is 37.7 cm³/mol. The molecule has 1 aliphatic rings. The molecule has 0 aromatic rings. The normalized spacial score (nSPS) is 24.9. The minimum absolute atomic E-state index is 0.105. The van der Waals surface area contributed by atoms with Crippen molar-refractivity contribution in [3.8, 4) is 0 Å². The van der Waals surface area contributed by atoms with E-state index in [4.69, 9.17) is 16.7 Å². The van der Waals surface area contributed by atoms with E-state index in [1.807, 2.05) is 0 Å². The van der Waals surface area contributed by atoms with Crippen molar-refractivity contribution in [2.45, 2.75) is 6.17 Å². The van der Waals surface area contributed by atoms with Crippen molar-refractivity contribution in [2.75, 3.05) is 6.61 Å². The molecule has 0 aromatic heterocycles. The van der Waals surface area contributed by atoms with Crippen LogP contribution < -0.4 is 11.6 Å². The Bertz CT molecular complexity index is 176. The molecule has 5 heteroatoms. The minimum atomic E-state index is -0.442. The van der Waals surface area contributed by atoms with Crippen LogP contribution in [0.3, 0.4) is 0 Å². The largest absolute Gasteiger partial charge is 0.392 e. The first-order valence-corrected chi connectivity index (χ1v) is 2.87. The van der Waals surface area contributed by atoms with E-state index in [-0.39, 0.29) is 6.61 Å². The Labute approximate surface area is 58.6 Å². The molecule has 0 spiro atoms. The van der Waals surface area contributed by atoms with Gasteiger partial charge in [-0.3, -0.25) is 5.01 Å². The van der Waals surface area contributed by atoms with Gasteiger partial charge < -0.3 is 10.8 Å². The molecule has 10 heavy (non-hydrogen) atoms. The average molecular weight is 142 g/mol. The van der Waals surface area contributed by atoms with E-state index in [1.54, 1.807) is 0 Å². The topological polar surface area (TPSA) is 87.9 Å². The summed E-state index contributed by atoms with van der Waals surface area (Å²) in [6.07, 6.45) is 2.47. The molecule has 0 bridgehead atoms. The molecular formula is C5H10N4O. The van der Waals surface area contributed by atoms with Crippen LogP contribution in [0.15, 0.2) is 16.8 Å². The molecule has 0 aromatic carbocycles. The number of nitrogens with two attached hydrogens (primary N) is 2. The van der Waals surface area contributed by atoms with E-state index in [9.17, 15) is 0 Å². The van der Waals surface area contributed by atoms with Gasteiger partial charge >= 0.3 is 0 Å². The molecule has 1 rings (SSSR count). The summed E-state index contributed by atoms with van der Waals surface area (Å²) in [4.78, 5) is 3.73. The van der Waals surface area contributed by atoms with Gasteiger partial charge in [-0.15, -0.1) is 0 Å². The molecule has 0 fully saturated rings.